The maximum atomic E-state index is 12.2. The topological polar surface area (TPSA) is 75.4 Å². The predicted octanol–water partition coefficient (Wildman–Crippen LogP) is 1.07. The smallest absolute Gasteiger partial charge is 0.279 e. The van der Waals surface area contributed by atoms with Crippen LogP contribution in [0, 0.1) is 5.41 Å². The van der Waals surface area contributed by atoms with Gasteiger partial charge in [0.05, 0.1) is 0 Å². The van der Waals surface area contributed by atoms with Crippen LogP contribution >= 0.6 is 0 Å². The van der Waals surface area contributed by atoms with Gasteiger partial charge in [0.1, 0.15) is 0 Å². The minimum Gasteiger partial charge on any atom is -0.330 e. The fourth-order valence-corrected chi connectivity index (χ4v) is 3.63. The number of rotatable bonds is 6. The quantitative estimate of drug-likeness (QED) is 0.762. The minimum absolute atomic E-state index is 0.0896. The minimum atomic E-state index is -3.32. The summed E-state index contributed by atoms with van der Waals surface area (Å²) in [6.45, 7) is 6.39. The summed E-state index contributed by atoms with van der Waals surface area (Å²) < 4.78 is 28.7. The molecule has 0 aliphatic carbocycles. The molecule has 0 bridgehead atoms. The Morgan fingerprint density at radius 1 is 1.17 bits per heavy atom. The highest BCUT2D eigenvalue weighted by molar-refractivity contribution is 7.87. The summed E-state index contributed by atoms with van der Waals surface area (Å²) in [5.41, 5.74) is 5.44. The number of nitrogens with one attached hydrogen (secondary N) is 1. The molecule has 0 unspecified atom stereocenters. The molecule has 1 aliphatic rings. The second-order valence-electron chi connectivity index (χ2n) is 5.84. The van der Waals surface area contributed by atoms with Crippen molar-refractivity contribution in [1.29, 1.82) is 0 Å². The van der Waals surface area contributed by atoms with E-state index in [-0.39, 0.29) is 5.41 Å². The van der Waals surface area contributed by atoms with Crippen LogP contribution in [0.3, 0.4) is 0 Å². The van der Waals surface area contributed by atoms with Crippen molar-refractivity contribution < 1.29 is 8.42 Å². The third-order valence-electron chi connectivity index (χ3n) is 3.46. The average Bonchev–Trinajstić information content (AvgIpc) is 2.56. The number of nitrogens with two attached hydrogens (primary N) is 1. The zero-order valence-corrected chi connectivity index (χ0v) is 12.4. The highest BCUT2D eigenvalue weighted by Crippen LogP contribution is 2.19. The lowest BCUT2D eigenvalue weighted by atomic mass is 9.90. The van der Waals surface area contributed by atoms with Gasteiger partial charge in [-0.15, -0.1) is 0 Å². The van der Waals surface area contributed by atoms with Crippen LogP contribution in [-0.4, -0.2) is 38.9 Å². The van der Waals surface area contributed by atoms with Crippen molar-refractivity contribution in [3.05, 3.63) is 0 Å². The summed E-state index contributed by atoms with van der Waals surface area (Å²) in [6, 6.07) is 0. The van der Waals surface area contributed by atoms with Gasteiger partial charge in [-0.2, -0.15) is 12.7 Å². The van der Waals surface area contributed by atoms with Gasteiger partial charge in [-0.3, -0.25) is 0 Å². The first-order valence-electron chi connectivity index (χ1n) is 6.82. The Morgan fingerprint density at radius 2 is 1.72 bits per heavy atom. The molecule has 1 saturated heterocycles. The molecule has 0 amide bonds. The maximum Gasteiger partial charge on any atom is 0.279 e. The summed E-state index contributed by atoms with van der Waals surface area (Å²) in [4.78, 5) is 0. The summed E-state index contributed by atoms with van der Waals surface area (Å²) in [6.07, 6.45) is 5.01. The van der Waals surface area contributed by atoms with Gasteiger partial charge >= 0.3 is 0 Å². The molecule has 6 heteroatoms. The summed E-state index contributed by atoms with van der Waals surface area (Å²) in [7, 11) is -3.32. The van der Waals surface area contributed by atoms with Gasteiger partial charge in [-0.05, 0) is 31.2 Å². The van der Waals surface area contributed by atoms with E-state index in [1.165, 1.54) is 0 Å². The molecule has 0 spiro atoms. The molecule has 0 aromatic rings. The van der Waals surface area contributed by atoms with Crippen molar-refractivity contribution in [3.8, 4) is 0 Å². The molecule has 0 saturated carbocycles. The van der Waals surface area contributed by atoms with Crippen molar-refractivity contribution in [2.24, 2.45) is 11.1 Å². The van der Waals surface area contributed by atoms with Crippen LogP contribution in [0.2, 0.25) is 0 Å². The fourth-order valence-electron chi connectivity index (χ4n) is 2.14. The van der Waals surface area contributed by atoms with Gasteiger partial charge in [-0.1, -0.05) is 26.7 Å². The number of hydrogen-bond donors (Lipinski definition) is 2. The lowest BCUT2D eigenvalue weighted by Gasteiger charge is -2.27. The van der Waals surface area contributed by atoms with Crippen LogP contribution in [0.1, 0.15) is 46.0 Å². The van der Waals surface area contributed by atoms with Crippen LogP contribution in [0.4, 0.5) is 0 Å². The molecular weight excluding hydrogens is 250 g/mol. The number of hydrogen-bond acceptors (Lipinski definition) is 3. The van der Waals surface area contributed by atoms with E-state index >= 15 is 0 Å². The SMILES string of the molecule is CC(C)(CCN)CNS(=O)(=O)N1CCCCCC1. The van der Waals surface area contributed by atoms with E-state index in [0.717, 1.165) is 32.1 Å². The lowest BCUT2D eigenvalue weighted by molar-refractivity contribution is 0.331. The normalized spacial score (nSPS) is 19.7. The van der Waals surface area contributed by atoms with Crippen molar-refractivity contribution in [1.82, 2.24) is 9.03 Å². The maximum absolute atomic E-state index is 12.2. The van der Waals surface area contributed by atoms with E-state index in [4.69, 9.17) is 5.73 Å². The summed E-state index contributed by atoms with van der Waals surface area (Å²) in [5, 5.41) is 0. The Hall–Kier alpha value is -0.170. The molecule has 1 fully saturated rings. The molecule has 5 nitrogen and oxygen atoms in total. The lowest BCUT2D eigenvalue weighted by Crippen LogP contribution is -2.44. The van der Waals surface area contributed by atoms with E-state index in [2.05, 4.69) is 4.72 Å². The molecule has 1 aliphatic heterocycles. The molecule has 0 radical (unpaired) electrons. The van der Waals surface area contributed by atoms with Crippen LogP contribution < -0.4 is 10.5 Å². The second kappa shape index (κ2) is 6.84. The van der Waals surface area contributed by atoms with Gasteiger partial charge in [-0.25, -0.2) is 4.72 Å². The summed E-state index contributed by atoms with van der Waals surface area (Å²) in [5.74, 6) is 0. The van der Waals surface area contributed by atoms with Crippen LogP contribution in [0.25, 0.3) is 0 Å². The van der Waals surface area contributed by atoms with Crippen molar-refractivity contribution >= 4 is 10.2 Å². The van der Waals surface area contributed by atoms with Gasteiger partial charge < -0.3 is 5.73 Å². The largest absolute Gasteiger partial charge is 0.330 e. The molecule has 108 valence electrons. The molecule has 0 aromatic heterocycles. The Bertz CT molecular complexity index is 333. The standard InChI is InChI=1S/C12H27N3O2S/c1-12(2,7-8-13)11-14-18(16,17)15-9-5-3-4-6-10-15/h14H,3-11,13H2,1-2H3. The Kier molecular flexibility index (Phi) is 6.04. The molecule has 3 N–H and O–H groups in total. The fraction of sp³-hybridized carbons (Fsp3) is 1.00. The van der Waals surface area contributed by atoms with E-state index in [0.29, 0.717) is 26.2 Å². The first-order valence-corrected chi connectivity index (χ1v) is 8.26. The Morgan fingerprint density at radius 3 is 2.22 bits per heavy atom. The molecule has 18 heavy (non-hydrogen) atoms. The molecule has 0 atom stereocenters. The first-order chi connectivity index (χ1) is 8.37. The average molecular weight is 277 g/mol. The Labute approximate surface area is 111 Å². The van der Waals surface area contributed by atoms with Crippen LogP contribution in [-0.2, 0) is 10.2 Å². The molecule has 1 heterocycles. The third kappa shape index (κ3) is 5.22. The zero-order chi connectivity index (χ0) is 13.6. The molecule has 1 rings (SSSR count). The van der Waals surface area contributed by atoms with E-state index < -0.39 is 10.2 Å². The van der Waals surface area contributed by atoms with Gasteiger partial charge in [0.2, 0.25) is 0 Å². The highest BCUT2D eigenvalue weighted by atomic mass is 32.2. The highest BCUT2D eigenvalue weighted by Gasteiger charge is 2.25. The van der Waals surface area contributed by atoms with Crippen molar-refractivity contribution in [2.45, 2.75) is 46.0 Å². The van der Waals surface area contributed by atoms with Crippen LogP contribution in [0.15, 0.2) is 0 Å². The van der Waals surface area contributed by atoms with E-state index in [1.807, 2.05) is 13.8 Å². The van der Waals surface area contributed by atoms with Gasteiger partial charge in [0.15, 0.2) is 0 Å². The van der Waals surface area contributed by atoms with Crippen LogP contribution in [0.5, 0.6) is 0 Å². The Balaban J connectivity index is 2.53. The number of nitrogens with zero attached hydrogens (tertiary/aromatic N) is 1. The molecule has 0 aromatic carbocycles. The second-order valence-corrected chi connectivity index (χ2v) is 7.60. The predicted molar refractivity (Wildman–Crippen MR) is 74.4 cm³/mol. The van der Waals surface area contributed by atoms with E-state index in [1.54, 1.807) is 4.31 Å². The molecular formula is C12H27N3O2S. The third-order valence-corrected chi connectivity index (χ3v) is 5.01. The monoisotopic (exact) mass is 277 g/mol. The zero-order valence-electron chi connectivity index (χ0n) is 11.6. The van der Waals surface area contributed by atoms with E-state index in [9.17, 15) is 8.42 Å². The van der Waals surface area contributed by atoms with Gasteiger partial charge in [0, 0.05) is 19.6 Å². The van der Waals surface area contributed by atoms with Crippen molar-refractivity contribution in [2.75, 3.05) is 26.2 Å². The first kappa shape index (κ1) is 15.9. The van der Waals surface area contributed by atoms with Gasteiger partial charge in [0.25, 0.3) is 10.2 Å². The van der Waals surface area contributed by atoms with Crippen molar-refractivity contribution in [3.63, 3.8) is 0 Å². The summed E-state index contributed by atoms with van der Waals surface area (Å²) >= 11 is 0.